The topological polar surface area (TPSA) is 104 Å². The van der Waals surface area contributed by atoms with Gasteiger partial charge in [-0.15, -0.1) is 11.3 Å². The lowest BCUT2D eigenvalue weighted by atomic mass is 10.3. The number of anilines is 1. The number of ether oxygens (including phenoxy) is 1. The van der Waals surface area contributed by atoms with Crippen molar-refractivity contribution in [2.45, 2.75) is 11.8 Å². The minimum Gasteiger partial charge on any atom is -0.379 e. The first-order valence-corrected chi connectivity index (χ1v) is 10.6. The number of aromatic amines is 1. The van der Waals surface area contributed by atoms with E-state index in [-0.39, 0.29) is 10.6 Å². The van der Waals surface area contributed by atoms with Gasteiger partial charge in [-0.2, -0.15) is 4.31 Å². The van der Waals surface area contributed by atoms with Gasteiger partial charge in [-0.1, -0.05) is 0 Å². The molecule has 0 unspecified atom stereocenters. The van der Waals surface area contributed by atoms with Crippen molar-refractivity contribution in [2.24, 2.45) is 0 Å². The van der Waals surface area contributed by atoms with Gasteiger partial charge < -0.3 is 15.0 Å². The molecule has 0 saturated carbocycles. The van der Waals surface area contributed by atoms with E-state index >= 15 is 0 Å². The highest BCUT2D eigenvalue weighted by molar-refractivity contribution is 7.89. The molecule has 1 amide bonds. The van der Waals surface area contributed by atoms with E-state index in [1.807, 2.05) is 19.1 Å². The summed E-state index contributed by atoms with van der Waals surface area (Å²) < 4.78 is 32.8. The van der Waals surface area contributed by atoms with Crippen molar-refractivity contribution in [3.63, 3.8) is 0 Å². The molecule has 1 aromatic carbocycles. The maximum absolute atomic E-state index is 12.6. The molecule has 1 aliphatic rings. The molecule has 4 rings (SSSR count). The number of aryl methyl sites for hydroxylation is 1. The second-order valence-electron chi connectivity index (χ2n) is 6.14. The van der Waals surface area contributed by atoms with Crippen molar-refractivity contribution in [1.29, 1.82) is 0 Å². The number of morpholine rings is 1. The molecule has 8 nitrogen and oxygen atoms in total. The van der Waals surface area contributed by atoms with Crippen molar-refractivity contribution in [2.75, 3.05) is 31.6 Å². The summed E-state index contributed by atoms with van der Waals surface area (Å²) in [6, 6.07) is 6.83. The molecule has 27 heavy (non-hydrogen) atoms. The summed E-state index contributed by atoms with van der Waals surface area (Å²) in [6.07, 6.45) is 1.34. The molecule has 2 N–H and O–H groups in total. The number of H-pyrrole nitrogens is 1. The monoisotopic (exact) mass is 406 g/mol. The summed E-state index contributed by atoms with van der Waals surface area (Å²) in [5.74, 6) is -0.404. The van der Waals surface area contributed by atoms with E-state index in [9.17, 15) is 13.2 Å². The molecule has 3 aromatic rings. The molecule has 1 fully saturated rings. The Bertz CT molecular complexity index is 1100. The van der Waals surface area contributed by atoms with Crippen LogP contribution in [0.25, 0.3) is 10.2 Å². The van der Waals surface area contributed by atoms with Crippen molar-refractivity contribution in [1.82, 2.24) is 14.3 Å². The predicted molar refractivity (Wildman–Crippen MR) is 103 cm³/mol. The Labute approximate surface area is 160 Å². The Morgan fingerprint density at radius 1 is 1.30 bits per heavy atom. The van der Waals surface area contributed by atoms with Gasteiger partial charge in [0.1, 0.15) is 10.6 Å². The molecule has 1 saturated heterocycles. The lowest BCUT2D eigenvalue weighted by Gasteiger charge is -2.25. The predicted octanol–water partition coefficient (Wildman–Crippen LogP) is 2.21. The van der Waals surface area contributed by atoms with E-state index in [0.717, 1.165) is 15.2 Å². The standard InChI is InChI=1S/C17H18N4O4S2/c1-11-19-14-3-2-12(8-16(14)26-11)20-17(22)15-9-13(10-18-15)27(23,24)21-4-6-25-7-5-21/h2-3,8-10,18H,4-7H2,1H3,(H,20,22). The van der Waals surface area contributed by atoms with Crippen LogP contribution in [0, 0.1) is 6.92 Å². The lowest BCUT2D eigenvalue weighted by Crippen LogP contribution is -2.40. The molecule has 0 bridgehead atoms. The Morgan fingerprint density at radius 2 is 2.07 bits per heavy atom. The Morgan fingerprint density at radius 3 is 2.85 bits per heavy atom. The third-order valence-corrected chi connectivity index (χ3v) is 7.07. The number of aromatic nitrogens is 2. The van der Waals surface area contributed by atoms with Crippen LogP contribution in [0.4, 0.5) is 5.69 Å². The molecular formula is C17H18N4O4S2. The number of hydrogen-bond donors (Lipinski definition) is 2. The maximum Gasteiger partial charge on any atom is 0.272 e. The van der Waals surface area contributed by atoms with Crippen LogP contribution in [0.5, 0.6) is 0 Å². The summed E-state index contributed by atoms with van der Waals surface area (Å²) in [6.45, 7) is 3.29. The van der Waals surface area contributed by atoms with Crippen LogP contribution >= 0.6 is 11.3 Å². The number of hydrogen-bond acceptors (Lipinski definition) is 6. The van der Waals surface area contributed by atoms with E-state index in [2.05, 4.69) is 15.3 Å². The number of carbonyl (C=O) groups is 1. The average molecular weight is 406 g/mol. The summed E-state index contributed by atoms with van der Waals surface area (Å²) >= 11 is 1.55. The van der Waals surface area contributed by atoms with Gasteiger partial charge >= 0.3 is 0 Å². The largest absolute Gasteiger partial charge is 0.379 e. The fraction of sp³-hybridized carbons (Fsp3) is 0.294. The number of nitrogens with one attached hydrogen (secondary N) is 2. The highest BCUT2D eigenvalue weighted by Gasteiger charge is 2.28. The highest BCUT2D eigenvalue weighted by Crippen LogP contribution is 2.25. The van der Waals surface area contributed by atoms with Crippen LogP contribution in [0.3, 0.4) is 0 Å². The number of thiazole rings is 1. The molecule has 0 spiro atoms. The van der Waals surface area contributed by atoms with Crippen LogP contribution < -0.4 is 5.32 Å². The van der Waals surface area contributed by atoms with Gasteiger partial charge in [0, 0.05) is 25.0 Å². The molecule has 142 valence electrons. The minimum atomic E-state index is -3.64. The highest BCUT2D eigenvalue weighted by atomic mass is 32.2. The zero-order valence-corrected chi connectivity index (χ0v) is 16.2. The molecule has 10 heteroatoms. The number of amides is 1. The first-order valence-electron chi connectivity index (χ1n) is 8.38. The van der Waals surface area contributed by atoms with Gasteiger partial charge in [0.25, 0.3) is 5.91 Å². The molecule has 0 aliphatic carbocycles. The van der Waals surface area contributed by atoms with Crippen LogP contribution in [0.15, 0.2) is 35.4 Å². The summed E-state index contributed by atoms with van der Waals surface area (Å²) in [7, 11) is -3.64. The number of nitrogens with zero attached hydrogens (tertiary/aromatic N) is 2. The van der Waals surface area contributed by atoms with Crippen LogP contribution in [-0.4, -0.2) is 54.9 Å². The molecule has 1 aliphatic heterocycles. The van der Waals surface area contributed by atoms with Crippen LogP contribution in [0.1, 0.15) is 15.5 Å². The lowest BCUT2D eigenvalue weighted by molar-refractivity contribution is 0.0730. The van der Waals surface area contributed by atoms with Crippen molar-refractivity contribution >= 4 is 43.2 Å². The maximum atomic E-state index is 12.6. The molecule has 3 heterocycles. The first kappa shape index (κ1) is 18.1. The van der Waals surface area contributed by atoms with E-state index in [1.165, 1.54) is 16.6 Å². The summed E-state index contributed by atoms with van der Waals surface area (Å²) in [5, 5.41) is 3.74. The van der Waals surface area contributed by atoms with Gasteiger partial charge in [-0.3, -0.25) is 4.79 Å². The Kier molecular flexibility index (Phi) is 4.72. The fourth-order valence-electron chi connectivity index (χ4n) is 2.91. The van der Waals surface area contributed by atoms with Crippen molar-refractivity contribution < 1.29 is 17.9 Å². The van der Waals surface area contributed by atoms with E-state index in [4.69, 9.17) is 4.74 Å². The number of benzene rings is 1. The minimum absolute atomic E-state index is 0.0723. The van der Waals surface area contributed by atoms with Crippen LogP contribution in [0.2, 0.25) is 0 Å². The molecule has 0 atom stereocenters. The molecular weight excluding hydrogens is 388 g/mol. The SMILES string of the molecule is Cc1nc2ccc(NC(=O)c3cc(S(=O)(=O)N4CCOCC4)c[nH]3)cc2s1. The van der Waals surface area contributed by atoms with Crippen LogP contribution in [-0.2, 0) is 14.8 Å². The third kappa shape index (κ3) is 3.61. The molecule has 0 radical (unpaired) electrons. The zero-order valence-electron chi connectivity index (χ0n) is 14.6. The van der Waals surface area contributed by atoms with Gasteiger partial charge in [-0.25, -0.2) is 13.4 Å². The second-order valence-corrected chi connectivity index (χ2v) is 9.31. The van der Waals surface area contributed by atoms with Gasteiger partial charge in [0.15, 0.2) is 0 Å². The molecule has 2 aromatic heterocycles. The number of rotatable bonds is 4. The van der Waals surface area contributed by atoms with Gasteiger partial charge in [0.05, 0.1) is 28.4 Å². The smallest absolute Gasteiger partial charge is 0.272 e. The Hall–Kier alpha value is -2.27. The number of sulfonamides is 1. The van der Waals surface area contributed by atoms with Gasteiger partial charge in [0.2, 0.25) is 10.0 Å². The number of fused-ring (bicyclic) bond motifs is 1. The number of carbonyl (C=O) groups excluding carboxylic acids is 1. The third-order valence-electron chi connectivity index (χ3n) is 4.26. The second kappa shape index (κ2) is 7.04. The quantitative estimate of drug-likeness (QED) is 0.691. The van der Waals surface area contributed by atoms with Gasteiger partial charge in [-0.05, 0) is 31.2 Å². The summed E-state index contributed by atoms with van der Waals surface area (Å²) in [5.41, 5.74) is 1.69. The summed E-state index contributed by atoms with van der Waals surface area (Å²) in [4.78, 5) is 19.7. The fourth-order valence-corrected chi connectivity index (χ4v) is 5.18. The zero-order chi connectivity index (χ0) is 19.0. The Balaban J connectivity index is 1.52. The average Bonchev–Trinajstić information content (AvgIpc) is 3.28. The van der Waals surface area contributed by atoms with Crippen molar-refractivity contribution in [3.05, 3.63) is 41.2 Å². The van der Waals surface area contributed by atoms with E-state index in [1.54, 1.807) is 17.4 Å². The normalized spacial score (nSPS) is 15.9. The van der Waals surface area contributed by atoms with E-state index < -0.39 is 15.9 Å². The first-order chi connectivity index (χ1) is 12.9. The van der Waals surface area contributed by atoms with E-state index in [0.29, 0.717) is 32.0 Å². The van der Waals surface area contributed by atoms with Crippen molar-refractivity contribution in [3.8, 4) is 0 Å².